The van der Waals surface area contributed by atoms with Crippen LogP contribution in [0.2, 0.25) is 0 Å². The average molecular weight is 290 g/mol. The van der Waals surface area contributed by atoms with Crippen molar-refractivity contribution in [1.82, 2.24) is 0 Å². The molecule has 0 N–H and O–H groups in total. The molecule has 0 spiro atoms. The number of carbonyl (C=O) groups excluding carboxylic acids is 1. The van der Waals surface area contributed by atoms with Crippen molar-refractivity contribution in [2.45, 2.75) is 39.9 Å². The van der Waals surface area contributed by atoms with Crippen LogP contribution in [-0.2, 0) is 19.0 Å². The van der Waals surface area contributed by atoms with E-state index in [1.54, 1.807) is 6.92 Å². The van der Waals surface area contributed by atoms with E-state index < -0.39 is 0 Å². The van der Waals surface area contributed by atoms with E-state index >= 15 is 0 Å². The highest BCUT2D eigenvalue weighted by atomic mass is 32.1. The van der Waals surface area contributed by atoms with Crippen LogP contribution in [0.3, 0.4) is 0 Å². The minimum atomic E-state index is -0.387. The second-order valence-corrected chi connectivity index (χ2v) is 5.32. The van der Waals surface area contributed by atoms with E-state index in [1.807, 2.05) is 13.8 Å². The van der Waals surface area contributed by atoms with Crippen molar-refractivity contribution in [1.29, 1.82) is 0 Å². The Labute approximate surface area is 121 Å². The van der Waals surface area contributed by atoms with Gasteiger partial charge in [0.2, 0.25) is 0 Å². The highest BCUT2D eigenvalue weighted by molar-refractivity contribution is 7.80. The Hall–Kier alpha value is -0.520. The summed E-state index contributed by atoms with van der Waals surface area (Å²) < 4.78 is 16.2. The predicted molar refractivity (Wildman–Crippen MR) is 79.6 cm³/mol. The van der Waals surface area contributed by atoms with Crippen LogP contribution in [0.15, 0.2) is 12.2 Å². The van der Waals surface area contributed by atoms with Crippen LogP contribution in [0.4, 0.5) is 0 Å². The molecular formula is C14H26O4S. The molecule has 0 saturated carbocycles. The monoisotopic (exact) mass is 290 g/mol. The van der Waals surface area contributed by atoms with Gasteiger partial charge in [-0.15, -0.1) is 0 Å². The van der Waals surface area contributed by atoms with E-state index in [1.165, 1.54) is 0 Å². The Balaban J connectivity index is 3.69. The zero-order valence-corrected chi connectivity index (χ0v) is 13.2. The van der Waals surface area contributed by atoms with Crippen LogP contribution in [0.25, 0.3) is 0 Å². The maximum absolute atomic E-state index is 11.2. The molecule has 0 radical (unpaired) electrons. The van der Waals surface area contributed by atoms with Gasteiger partial charge < -0.3 is 14.2 Å². The fraction of sp³-hybridized carbons (Fsp3) is 0.786. The van der Waals surface area contributed by atoms with Crippen molar-refractivity contribution >= 4 is 18.6 Å². The summed E-state index contributed by atoms with van der Waals surface area (Å²) in [6.45, 7) is 12.4. The number of esters is 1. The van der Waals surface area contributed by atoms with E-state index in [0.29, 0.717) is 24.7 Å². The molecule has 0 rings (SSSR count). The van der Waals surface area contributed by atoms with Gasteiger partial charge in [-0.3, -0.25) is 0 Å². The molecule has 112 valence electrons. The van der Waals surface area contributed by atoms with Crippen LogP contribution in [0.5, 0.6) is 0 Å². The van der Waals surface area contributed by atoms with E-state index in [0.717, 1.165) is 5.75 Å². The second-order valence-electron chi connectivity index (χ2n) is 4.95. The highest BCUT2D eigenvalue weighted by Crippen LogP contribution is 2.03. The summed E-state index contributed by atoms with van der Waals surface area (Å²) in [6.07, 6.45) is -0.140. The number of thiol groups is 1. The number of rotatable bonds is 10. The number of hydrogen-bond donors (Lipinski definition) is 1. The van der Waals surface area contributed by atoms with E-state index in [-0.39, 0.29) is 24.8 Å². The average Bonchev–Trinajstić information content (AvgIpc) is 2.39. The highest BCUT2D eigenvalue weighted by Gasteiger charge is 2.11. The predicted octanol–water partition coefficient (Wildman–Crippen LogP) is 2.48. The van der Waals surface area contributed by atoms with Gasteiger partial charge in [-0.2, -0.15) is 12.6 Å². The molecule has 0 aromatic rings. The first-order chi connectivity index (χ1) is 8.86. The first-order valence-corrected chi connectivity index (χ1v) is 7.16. The Bertz CT molecular complexity index is 281. The molecule has 4 nitrogen and oxygen atoms in total. The SMILES string of the molecule is C=C(C)C(=O)OCC(C)OCC(C)OCC(C)CS. The molecule has 0 fully saturated rings. The van der Waals surface area contributed by atoms with Crippen LogP contribution in [-0.4, -0.2) is 43.8 Å². The van der Waals surface area contributed by atoms with Gasteiger partial charge in [0.15, 0.2) is 0 Å². The first kappa shape index (κ1) is 18.5. The van der Waals surface area contributed by atoms with Gasteiger partial charge in [-0.05, 0) is 32.4 Å². The summed E-state index contributed by atoms with van der Waals surface area (Å²) in [5, 5.41) is 0. The molecule has 19 heavy (non-hydrogen) atoms. The largest absolute Gasteiger partial charge is 0.460 e. The third-order valence-corrected chi connectivity index (χ3v) is 3.01. The lowest BCUT2D eigenvalue weighted by molar-refractivity contribution is -0.143. The van der Waals surface area contributed by atoms with E-state index in [9.17, 15) is 4.79 Å². The zero-order chi connectivity index (χ0) is 14.8. The van der Waals surface area contributed by atoms with E-state index in [2.05, 4.69) is 26.1 Å². The number of hydrogen-bond acceptors (Lipinski definition) is 5. The quantitative estimate of drug-likeness (QED) is 0.381. The maximum atomic E-state index is 11.2. The molecule has 0 saturated heterocycles. The normalized spacial score (nSPS) is 15.6. The van der Waals surface area contributed by atoms with Gasteiger partial charge in [0, 0.05) is 5.57 Å². The minimum Gasteiger partial charge on any atom is -0.460 e. The molecule has 0 bridgehead atoms. The summed E-state index contributed by atoms with van der Waals surface area (Å²) in [5.41, 5.74) is 0.393. The van der Waals surface area contributed by atoms with Crippen LogP contribution in [0, 0.1) is 5.92 Å². The van der Waals surface area contributed by atoms with Crippen LogP contribution < -0.4 is 0 Å². The third-order valence-electron chi connectivity index (χ3n) is 2.39. The zero-order valence-electron chi connectivity index (χ0n) is 12.3. The van der Waals surface area contributed by atoms with Gasteiger partial charge in [-0.25, -0.2) is 4.79 Å². The lowest BCUT2D eigenvalue weighted by Crippen LogP contribution is -2.26. The minimum absolute atomic E-state index is 0.0154. The van der Waals surface area contributed by atoms with E-state index in [4.69, 9.17) is 14.2 Å². The fourth-order valence-electron chi connectivity index (χ4n) is 1.09. The molecule has 5 heteroatoms. The molecule has 0 aliphatic heterocycles. The molecular weight excluding hydrogens is 264 g/mol. The van der Waals surface area contributed by atoms with Crippen molar-refractivity contribution in [3.05, 3.63) is 12.2 Å². The summed E-state index contributed by atoms with van der Waals surface area (Å²) in [6, 6.07) is 0. The molecule has 3 unspecified atom stereocenters. The summed E-state index contributed by atoms with van der Waals surface area (Å²) in [4.78, 5) is 11.2. The topological polar surface area (TPSA) is 44.8 Å². The van der Waals surface area contributed by atoms with Gasteiger partial charge in [0.1, 0.15) is 6.61 Å². The molecule has 0 aliphatic rings. The third kappa shape index (κ3) is 9.99. The van der Waals surface area contributed by atoms with Crippen molar-refractivity contribution < 1.29 is 19.0 Å². The molecule has 0 aromatic carbocycles. The summed E-state index contributed by atoms with van der Waals surface area (Å²) >= 11 is 4.20. The standard InChI is InChI=1S/C14H26O4S/c1-10(2)14(15)18-8-13(5)17-7-12(4)16-6-11(3)9-19/h11-13,19H,1,6-9H2,2-5H3. The summed E-state index contributed by atoms with van der Waals surface area (Å²) in [7, 11) is 0. The Morgan fingerprint density at radius 3 is 2.16 bits per heavy atom. The first-order valence-electron chi connectivity index (χ1n) is 6.53. The lowest BCUT2D eigenvalue weighted by Gasteiger charge is -2.19. The molecule has 0 amide bonds. The molecule has 0 aromatic heterocycles. The Morgan fingerprint density at radius 1 is 1.11 bits per heavy atom. The Morgan fingerprint density at radius 2 is 1.63 bits per heavy atom. The van der Waals surface area contributed by atoms with Crippen molar-refractivity contribution in [2.75, 3.05) is 25.6 Å². The summed E-state index contributed by atoms with van der Waals surface area (Å²) in [5.74, 6) is 0.850. The maximum Gasteiger partial charge on any atom is 0.333 e. The molecule has 3 atom stereocenters. The fourth-order valence-corrected chi connectivity index (χ4v) is 1.20. The van der Waals surface area contributed by atoms with Crippen molar-refractivity contribution in [3.8, 4) is 0 Å². The van der Waals surface area contributed by atoms with Crippen molar-refractivity contribution in [3.63, 3.8) is 0 Å². The Kier molecular flexibility index (Phi) is 10.0. The van der Waals surface area contributed by atoms with Gasteiger partial charge in [0.25, 0.3) is 0 Å². The smallest absolute Gasteiger partial charge is 0.333 e. The second kappa shape index (κ2) is 10.3. The van der Waals surface area contributed by atoms with Gasteiger partial charge in [0.05, 0.1) is 25.4 Å². The molecule has 0 heterocycles. The number of carbonyl (C=O) groups is 1. The van der Waals surface area contributed by atoms with Crippen LogP contribution >= 0.6 is 12.6 Å². The van der Waals surface area contributed by atoms with Gasteiger partial charge in [-0.1, -0.05) is 13.5 Å². The van der Waals surface area contributed by atoms with Gasteiger partial charge >= 0.3 is 5.97 Å². The van der Waals surface area contributed by atoms with Crippen molar-refractivity contribution in [2.24, 2.45) is 5.92 Å². The van der Waals surface area contributed by atoms with Crippen LogP contribution in [0.1, 0.15) is 27.7 Å². The lowest BCUT2D eigenvalue weighted by atomic mass is 10.2. The number of ether oxygens (including phenoxy) is 3. The molecule has 0 aliphatic carbocycles.